The molecule has 0 aromatic heterocycles. The second-order valence-corrected chi connectivity index (χ2v) is 7.43. The molecule has 2 amide bonds. The van der Waals surface area contributed by atoms with E-state index >= 15 is 0 Å². The van der Waals surface area contributed by atoms with Crippen molar-refractivity contribution in [3.8, 4) is 11.5 Å². The summed E-state index contributed by atoms with van der Waals surface area (Å²) in [6.45, 7) is 5.66. The molecular weight excluding hydrogens is 324 g/mol. The topological polar surface area (TPSA) is 108 Å². The van der Waals surface area contributed by atoms with Crippen LogP contribution in [0.1, 0.15) is 56.8 Å². The summed E-state index contributed by atoms with van der Waals surface area (Å²) >= 11 is 0. The average molecular weight is 350 g/mol. The van der Waals surface area contributed by atoms with Crippen molar-refractivity contribution in [3.05, 3.63) is 23.8 Å². The van der Waals surface area contributed by atoms with Crippen LogP contribution in [0.3, 0.4) is 0 Å². The van der Waals surface area contributed by atoms with E-state index in [9.17, 15) is 19.8 Å². The van der Waals surface area contributed by atoms with Gasteiger partial charge in [-0.25, -0.2) is 4.79 Å². The number of phenols is 2. The summed E-state index contributed by atoms with van der Waals surface area (Å²) in [5, 5.41) is 24.6. The lowest BCUT2D eigenvalue weighted by Crippen LogP contribution is -2.44. The molecule has 1 aromatic rings. The molecule has 1 aliphatic carbocycles. The van der Waals surface area contributed by atoms with Gasteiger partial charge in [0.2, 0.25) is 0 Å². The maximum absolute atomic E-state index is 12.2. The van der Waals surface area contributed by atoms with Crippen LogP contribution in [0, 0.1) is 0 Å². The number of rotatable bonds is 3. The lowest BCUT2D eigenvalue weighted by molar-refractivity contribution is 0.0615. The molecule has 0 saturated heterocycles. The zero-order valence-electron chi connectivity index (χ0n) is 14.8. The van der Waals surface area contributed by atoms with E-state index in [0.29, 0.717) is 25.7 Å². The predicted octanol–water partition coefficient (Wildman–Crippen LogP) is 2.66. The van der Waals surface area contributed by atoms with Gasteiger partial charge in [-0.15, -0.1) is 0 Å². The Morgan fingerprint density at radius 1 is 1.12 bits per heavy atom. The number of aromatic hydroxyl groups is 2. The highest BCUT2D eigenvalue weighted by molar-refractivity contribution is 5.97. The smallest absolute Gasteiger partial charge is 0.407 e. The first-order valence-electron chi connectivity index (χ1n) is 8.45. The lowest BCUT2D eigenvalue weighted by Gasteiger charge is -2.30. The molecule has 2 rings (SSSR count). The summed E-state index contributed by atoms with van der Waals surface area (Å²) < 4.78 is 5.41. The van der Waals surface area contributed by atoms with Gasteiger partial charge in [0.05, 0.1) is 5.56 Å². The molecule has 7 nitrogen and oxygen atoms in total. The van der Waals surface area contributed by atoms with Gasteiger partial charge in [-0.2, -0.15) is 0 Å². The maximum Gasteiger partial charge on any atom is 0.407 e. The summed E-state index contributed by atoms with van der Waals surface area (Å²) in [5.74, 6) is -0.735. The van der Waals surface area contributed by atoms with E-state index in [1.807, 2.05) is 20.8 Å². The first-order valence-corrected chi connectivity index (χ1v) is 8.45. The van der Waals surface area contributed by atoms with E-state index in [2.05, 4.69) is 10.6 Å². The van der Waals surface area contributed by atoms with Gasteiger partial charge < -0.3 is 25.6 Å². The fourth-order valence-corrected chi connectivity index (χ4v) is 2.79. The molecule has 7 heteroatoms. The number of carbonyl (C=O) groups excluding carboxylic acids is 2. The maximum atomic E-state index is 12.2. The highest BCUT2D eigenvalue weighted by Crippen LogP contribution is 2.25. The minimum Gasteiger partial charge on any atom is -0.508 e. The molecule has 0 heterocycles. The van der Waals surface area contributed by atoms with Crippen LogP contribution < -0.4 is 10.6 Å². The number of hydrogen-bond donors (Lipinski definition) is 4. The van der Waals surface area contributed by atoms with Crippen LogP contribution in [0.4, 0.5) is 4.79 Å². The Balaban J connectivity index is 1.80. The average Bonchev–Trinajstić information content (AvgIpc) is 2.47. The number of hydrogen-bond acceptors (Lipinski definition) is 5. The van der Waals surface area contributed by atoms with Crippen molar-refractivity contribution in [3.63, 3.8) is 0 Å². The van der Waals surface area contributed by atoms with E-state index < -0.39 is 6.09 Å². The van der Waals surface area contributed by atoms with Crippen molar-refractivity contribution in [1.29, 1.82) is 0 Å². The summed E-state index contributed by atoms with van der Waals surface area (Å²) in [6.07, 6.45) is 2.15. The molecule has 1 saturated carbocycles. The van der Waals surface area contributed by atoms with Crippen LogP contribution in [0.15, 0.2) is 18.2 Å². The van der Waals surface area contributed by atoms with Crippen LogP contribution >= 0.6 is 0 Å². The standard InChI is InChI=1S/C18H26N2O5/c1-18(2,3)20-17(24)25-13-7-4-11(5-8-13)19-16(23)14-9-6-12(21)10-15(14)22/h6,9-11,13,21-22H,4-5,7-8H2,1-3H3,(H,19,23)(H,20,24). The van der Waals surface area contributed by atoms with Crippen molar-refractivity contribution in [2.45, 2.75) is 64.1 Å². The Bertz CT molecular complexity index is 631. The highest BCUT2D eigenvalue weighted by Gasteiger charge is 2.26. The molecular formula is C18H26N2O5. The fraction of sp³-hybridized carbons (Fsp3) is 0.556. The Labute approximate surface area is 147 Å². The number of ether oxygens (including phenoxy) is 1. The van der Waals surface area contributed by atoms with E-state index in [1.165, 1.54) is 12.1 Å². The molecule has 138 valence electrons. The van der Waals surface area contributed by atoms with Crippen molar-refractivity contribution in [2.75, 3.05) is 0 Å². The molecule has 1 aliphatic rings. The molecule has 0 spiro atoms. The number of alkyl carbamates (subject to hydrolysis) is 1. The molecule has 4 N–H and O–H groups in total. The van der Waals surface area contributed by atoms with Gasteiger partial charge in [0.25, 0.3) is 5.91 Å². The minimum absolute atomic E-state index is 0.0359. The fourth-order valence-electron chi connectivity index (χ4n) is 2.79. The van der Waals surface area contributed by atoms with Crippen molar-refractivity contribution < 1.29 is 24.5 Å². The molecule has 1 aromatic carbocycles. The van der Waals surface area contributed by atoms with Crippen LogP contribution in [0.25, 0.3) is 0 Å². The second-order valence-electron chi connectivity index (χ2n) is 7.43. The lowest BCUT2D eigenvalue weighted by atomic mass is 9.92. The Morgan fingerprint density at radius 2 is 1.76 bits per heavy atom. The first kappa shape index (κ1) is 18.9. The molecule has 0 aliphatic heterocycles. The number of benzene rings is 1. The molecule has 25 heavy (non-hydrogen) atoms. The number of carbonyl (C=O) groups is 2. The van der Waals surface area contributed by atoms with Gasteiger partial charge in [-0.1, -0.05) is 0 Å². The summed E-state index contributed by atoms with van der Waals surface area (Å²) in [4.78, 5) is 24.0. The van der Waals surface area contributed by atoms with Crippen molar-refractivity contribution in [1.82, 2.24) is 10.6 Å². The summed E-state index contributed by atoms with van der Waals surface area (Å²) in [5.41, 5.74) is -0.213. The molecule has 0 unspecified atom stereocenters. The Hall–Kier alpha value is -2.44. The van der Waals surface area contributed by atoms with Crippen LogP contribution in [0.2, 0.25) is 0 Å². The zero-order valence-corrected chi connectivity index (χ0v) is 14.8. The highest BCUT2D eigenvalue weighted by atomic mass is 16.6. The number of nitrogens with one attached hydrogen (secondary N) is 2. The SMILES string of the molecule is CC(C)(C)NC(=O)OC1CCC(NC(=O)c2ccc(O)cc2O)CC1. The van der Waals surface area contributed by atoms with E-state index in [1.54, 1.807) is 0 Å². The van der Waals surface area contributed by atoms with Gasteiger partial charge in [-0.05, 0) is 58.6 Å². The molecule has 0 bridgehead atoms. The van der Waals surface area contributed by atoms with Gasteiger partial charge >= 0.3 is 6.09 Å². The normalized spacial score (nSPS) is 20.6. The van der Waals surface area contributed by atoms with Gasteiger partial charge in [0.1, 0.15) is 17.6 Å². The van der Waals surface area contributed by atoms with Crippen LogP contribution in [0.5, 0.6) is 11.5 Å². The molecule has 1 fully saturated rings. The third-order valence-electron chi connectivity index (χ3n) is 3.99. The van der Waals surface area contributed by atoms with E-state index in [4.69, 9.17) is 4.74 Å². The van der Waals surface area contributed by atoms with Crippen molar-refractivity contribution in [2.24, 2.45) is 0 Å². The number of phenolic OH excluding ortho intramolecular Hbond substituents is 2. The summed E-state index contributed by atoms with van der Waals surface area (Å²) in [6, 6.07) is 3.83. The van der Waals surface area contributed by atoms with Gasteiger partial charge in [-0.3, -0.25) is 4.79 Å². The molecule has 0 atom stereocenters. The Kier molecular flexibility index (Phi) is 5.77. The minimum atomic E-state index is -0.422. The third kappa shape index (κ3) is 5.85. The second kappa shape index (κ2) is 7.63. The molecule has 0 radical (unpaired) electrons. The van der Waals surface area contributed by atoms with Crippen LogP contribution in [-0.4, -0.2) is 39.9 Å². The number of amides is 2. The summed E-state index contributed by atoms with van der Waals surface area (Å²) in [7, 11) is 0. The largest absolute Gasteiger partial charge is 0.508 e. The monoisotopic (exact) mass is 350 g/mol. The van der Waals surface area contributed by atoms with Crippen molar-refractivity contribution >= 4 is 12.0 Å². The van der Waals surface area contributed by atoms with Gasteiger partial charge in [0, 0.05) is 17.6 Å². The van der Waals surface area contributed by atoms with Crippen LogP contribution in [-0.2, 0) is 4.74 Å². The van der Waals surface area contributed by atoms with Gasteiger partial charge in [0.15, 0.2) is 0 Å². The van der Waals surface area contributed by atoms with E-state index in [-0.39, 0.29) is 40.7 Å². The zero-order chi connectivity index (χ0) is 18.6. The third-order valence-corrected chi connectivity index (χ3v) is 3.99. The quantitative estimate of drug-likeness (QED) is 0.670. The predicted molar refractivity (Wildman–Crippen MR) is 92.7 cm³/mol. The van der Waals surface area contributed by atoms with E-state index in [0.717, 1.165) is 6.07 Å². The first-order chi connectivity index (χ1) is 11.6. The Morgan fingerprint density at radius 3 is 2.32 bits per heavy atom.